The van der Waals surface area contributed by atoms with Crippen LogP contribution in [0.25, 0.3) is 0 Å². The van der Waals surface area contributed by atoms with Gasteiger partial charge < -0.3 is 15.3 Å². The monoisotopic (exact) mass is 208 g/mol. The van der Waals surface area contributed by atoms with Crippen LogP contribution in [0.5, 0.6) is 5.75 Å². The molecule has 0 aliphatic carbocycles. The Morgan fingerprint density at radius 2 is 2.20 bits per heavy atom. The molecule has 15 heavy (non-hydrogen) atoms. The zero-order valence-electron chi connectivity index (χ0n) is 8.30. The van der Waals surface area contributed by atoms with Crippen LogP contribution in [0.3, 0.4) is 0 Å². The van der Waals surface area contributed by atoms with Gasteiger partial charge in [-0.2, -0.15) is 0 Å². The average molecular weight is 208 g/mol. The molecule has 0 unspecified atom stereocenters. The van der Waals surface area contributed by atoms with E-state index in [9.17, 15) is 4.79 Å². The summed E-state index contributed by atoms with van der Waals surface area (Å²) in [6.45, 7) is 0. The van der Waals surface area contributed by atoms with Crippen molar-refractivity contribution in [3.8, 4) is 5.75 Å². The van der Waals surface area contributed by atoms with Crippen LogP contribution in [-0.4, -0.2) is 24.4 Å². The number of methoxy groups -OCH3 is 1. The van der Waals surface area contributed by atoms with Crippen molar-refractivity contribution in [3.63, 3.8) is 0 Å². The Balaban J connectivity index is 2.53. The van der Waals surface area contributed by atoms with E-state index in [4.69, 9.17) is 9.94 Å². The number of nitrogens with zero attached hydrogens (tertiary/aromatic N) is 1. The van der Waals surface area contributed by atoms with Crippen molar-refractivity contribution in [3.05, 3.63) is 24.3 Å². The molecule has 2 N–H and O–H groups in total. The van der Waals surface area contributed by atoms with Crippen LogP contribution >= 0.6 is 0 Å². The third-order valence-corrected chi connectivity index (χ3v) is 1.73. The molecule has 1 amide bonds. The summed E-state index contributed by atoms with van der Waals surface area (Å²) in [6, 6.07) is 6.95. The molecular formula is C10H12N2O3. The second kappa shape index (κ2) is 5.64. The lowest BCUT2D eigenvalue weighted by Crippen LogP contribution is -2.11. The second-order valence-corrected chi connectivity index (χ2v) is 2.78. The van der Waals surface area contributed by atoms with Crippen molar-refractivity contribution in [2.45, 2.75) is 6.42 Å². The number of oxime groups is 1. The molecule has 5 heteroatoms. The number of carbonyl (C=O) groups excluding carboxylic acids is 1. The van der Waals surface area contributed by atoms with Crippen LogP contribution in [0.1, 0.15) is 6.42 Å². The number of hydrogen-bond donors (Lipinski definition) is 2. The summed E-state index contributed by atoms with van der Waals surface area (Å²) >= 11 is 0. The zero-order valence-corrected chi connectivity index (χ0v) is 8.30. The molecule has 80 valence electrons. The highest BCUT2D eigenvalue weighted by Crippen LogP contribution is 2.14. The molecular weight excluding hydrogens is 196 g/mol. The highest BCUT2D eigenvalue weighted by Gasteiger charge is 2.00. The van der Waals surface area contributed by atoms with Crippen molar-refractivity contribution in [2.75, 3.05) is 12.4 Å². The van der Waals surface area contributed by atoms with E-state index in [-0.39, 0.29) is 12.3 Å². The summed E-state index contributed by atoms with van der Waals surface area (Å²) in [4.78, 5) is 11.2. The van der Waals surface area contributed by atoms with Crippen molar-refractivity contribution < 1.29 is 14.7 Å². The van der Waals surface area contributed by atoms with Crippen molar-refractivity contribution >= 4 is 17.8 Å². The molecule has 1 aromatic carbocycles. The molecule has 5 nitrogen and oxygen atoms in total. The molecule has 0 bridgehead atoms. The minimum absolute atomic E-state index is 0.0442. The van der Waals surface area contributed by atoms with Crippen LogP contribution < -0.4 is 10.1 Å². The molecule has 0 radical (unpaired) electrons. The summed E-state index contributed by atoms with van der Waals surface area (Å²) in [5.41, 5.74) is 0.673. The summed E-state index contributed by atoms with van der Waals surface area (Å²) in [5.74, 6) is 0.489. The first-order valence-electron chi connectivity index (χ1n) is 4.36. The Kier molecular flexibility index (Phi) is 4.15. The van der Waals surface area contributed by atoms with Crippen LogP contribution in [0.15, 0.2) is 29.4 Å². The van der Waals surface area contributed by atoms with Gasteiger partial charge in [0.25, 0.3) is 0 Å². The predicted octanol–water partition coefficient (Wildman–Crippen LogP) is 1.48. The first-order chi connectivity index (χ1) is 7.26. The first-order valence-corrected chi connectivity index (χ1v) is 4.36. The number of ether oxygens (including phenoxy) is 1. The van der Waals surface area contributed by atoms with E-state index in [0.29, 0.717) is 5.69 Å². The smallest absolute Gasteiger partial charge is 0.229 e. The van der Waals surface area contributed by atoms with Crippen molar-refractivity contribution in [1.29, 1.82) is 0 Å². The largest absolute Gasteiger partial charge is 0.497 e. The number of carbonyl (C=O) groups is 1. The standard InChI is InChI=1S/C10H12N2O3/c1-15-9-4-2-8(3-5-9)12-10(13)6-7-11-14/h2-5,7,14H,6H2,1H3,(H,12,13)/b11-7+. The van der Waals surface area contributed by atoms with Gasteiger partial charge in [-0.3, -0.25) is 4.79 Å². The quantitative estimate of drug-likeness (QED) is 0.447. The van der Waals surface area contributed by atoms with Gasteiger partial charge in [0.2, 0.25) is 5.91 Å². The Labute approximate surface area is 87.4 Å². The minimum atomic E-state index is -0.238. The van der Waals surface area contributed by atoms with Gasteiger partial charge in [0.1, 0.15) is 5.75 Å². The highest BCUT2D eigenvalue weighted by molar-refractivity contribution is 5.98. The molecule has 0 spiro atoms. The summed E-state index contributed by atoms with van der Waals surface area (Å²) in [6.07, 6.45) is 1.17. The maximum Gasteiger partial charge on any atom is 0.229 e. The average Bonchev–Trinajstić information content (AvgIpc) is 2.27. The molecule has 0 saturated heterocycles. The lowest BCUT2D eigenvalue weighted by molar-refractivity contribution is -0.115. The van der Waals surface area contributed by atoms with E-state index in [1.165, 1.54) is 0 Å². The van der Waals surface area contributed by atoms with Gasteiger partial charge in [-0.1, -0.05) is 0 Å². The molecule has 0 heterocycles. The number of anilines is 1. The summed E-state index contributed by atoms with van der Waals surface area (Å²) in [5, 5.41) is 13.5. The lowest BCUT2D eigenvalue weighted by atomic mass is 10.3. The Morgan fingerprint density at radius 3 is 2.73 bits per heavy atom. The van der Waals surface area contributed by atoms with E-state index in [1.54, 1.807) is 31.4 Å². The van der Waals surface area contributed by atoms with Crippen LogP contribution in [0, 0.1) is 0 Å². The van der Waals surface area contributed by atoms with Gasteiger partial charge in [0.15, 0.2) is 0 Å². The maximum atomic E-state index is 11.2. The molecule has 0 aromatic heterocycles. The first kappa shape index (κ1) is 11.0. The molecule has 0 aliphatic heterocycles. The van der Waals surface area contributed by atoms with Gasteiger partial charge >= 0.3 is 0 Å². The Hall–Kier alpha value is -2.04. The number of nitrogens with one attached hydrogen (secondary N) is 1. The van der Waals surface area contributed by atoms with E-state index in [0.717, 1.165) is 12.0 Å². The molecule has 1 rings (SSSR count). The molecule has 0 atom stereocenters. The zero-order chi connectivity index (χ0) is 11.1. The van der Waals surface area contributed by atoms with Crippen LogP contribution in [0.2, 0.25) is 0 Å². The van der Waals surface area contributed by atoms with Crippen LogP contribution in [0.4, 0.5) is 5.69 Å². The number of benzene rings is 1. The molecule has 0 saturated carbocycles. The van der Waals surface area contributed by atoms with E-state index < -0.39 is 0 Å². The van der Waals surface area contributed by atoms with Crippen molar-refractivity contribution in [1.82, 2.24) is 0 Å². The van der Waals surface area contributed by atoms with Gasteiger partial charge in [-0.25, -0.2) is 0 Å². The number of hydrogen-bond acceptors (Lipinski definition) is 4. The summed E-state index contributed by atoms with van der Waals surface area (Å²) < 4.78 is 4.97. The molecule has 0 aliphatic rings. The van der Waals surface area contributed by atoms with E-state index >= 15 is 0 Å². The maximum absolute atomic E-state index is 11.2. The predicted molar refractivity (Wildman–Crippen MR) is 56.5 cm³/mol. The van der Waals surface area contributed by atoms with Crippen molar-refractivity contribution in [2.24, 2.45) is 5.16 Å². The van der Waals surface area contributed by atoms with Gasteiger partial charge in [0.05, 0.1) is 19.7 Å². The van der Waals surface area contributed by atoms with Crippen LogP contribution in [-0.2, 0) is 4.79 Å². The fourth-order valence-corrected chi connectivity index (χ4v) is 1.01. The normalized spacial score (nSPS) is 10.2. The van der Waals surface area contributed by atoms with E-state index in [2.05, 4.69) is 10.5 Å². The highest BCUT2D eigenvalue weighted by atomic mass is 16.5. The fourth-order valence-electron chi connectivity index (χ4n) is 1.01. The summed E-state index contributed by atoms with van der Waals surface area (Å²) in [7, 11) is 1.57. The van der Waals surface area contributed by atoms with Gasteiger partial charge in [-0.15, -0.1) is 5.16 Å². The third-order valence-electron chi connectivity index (χ3n) is 1.73. The topological polar surface area (TPSA) is 70.9 Å². The fraction of sp³-hybridized carbons (Fsp3) is 0.200. The molecule has 0 fully saturated rings. The van der Waals surface area contributed by atoms with Gasteiger partial charge in [-0.05, 0) is 24.3 Å². The third kappa shape index (κ3) is 3.68. The van der Waals surface area contributed by atoms with E-state index in [1.807, 2.05) is 0 Å². The number of amides is 1. The lowest BCUT2D eigenvalue weighted by Gasteiger charge is -2.04. The SMILES string of the molecule is COc1ccc(NC(=O)C/C=N/O)cc1. The molecule has 1 aromatic rings. The Morgan fingerprint density at radius 1 is 1.53 bits per heavy atom. The second-order valence-electron chi connectivity index (χ2n) is 2.78. The van der Waals surface area contributed by atoms with Gasteiger partial charge in [0, 0.05) is 5.69 Å². The minimum Gasteiger partial charge on any atom is -0.497 e. The number of rotatable bonds is 4. The Bertz CT molecular complexity index is 346.